The topological polar surface area (TPSA) is 103 Å². The number of nitrogens with zero attached hydrogens (tertiary/aromatic N) is 3. The van der Waals surface area contributed by atoms with Crippen molar-refractivity contribution in [1.29, 1.82) is 0 Å². The van der Waals surface area contributed by atoms with Gasteiger partial charge in [-0.2, -0.15) is 0 Å². The van der Waals surface area contributed by atoms with E-state index in [4.69, 9.17) is 0 Å². The van der Waals surface area contributed by atoms with Crippen molar-refractivity contribution in [1.82, 2.24) is 20.1 Å². The number of rotatable bonds is 5. The van der Waals surface area contributed by atoms with Crippen molar-refractivity contribution < 1.29 is 19.5 Å². The lowest BCUT2D eigenvalue weighted by molar-refractivity contribution is -0.139. The number of aliphatic hydroxyl groups is 1. The van der Waals surface area contributed by atoms with Gasteiger partial charge in [-0.05, 0) is 37.8 Å². The number of piperidine rings is 1. The van der Waals surface area contributed by atoms with E-state index in [0.717, 1.165) is 10.5 Å². The largest absolute Gasteiger partial charge is 0.383 e. The van der Waals surface area contributed by atoms with Crippen molar-refractivity contribution in [2.45, 2.75) is 51.2 Å². The number of amides is 4. The normalized spacial score (nSPS) is 22.1. The highest BCUT2D eigenvalue weighted by molar-refractivity contribution is 6.05. The van der Waals surface area contributed by atoms with E-state index in [1.165, 1.54) is 0 Å². The highest BCUT2D eigenvalue weighted by atomic mass is 16.3. The van der Waals surface area contributed by atoms with E-state index in [0.29, 0.717) is 44.6 Å². The number of carbonyl (C=O) groups is 3. The minimum Gasteiger partial charge on any atom is -0.383 e. The summed E-state index contributed by atoms with van der Waals surface area (Å²) in [6, 6.07) is 2.50. The van der Waals surface area contributed by atoms with Crippen molar-refractivity contribution in [2.24, 2.45) is 0 Å². The second-order valence-corrected chi connectivity index (χ2v) is 7.33. The maximum atomic E-state index is 12.6. The maximum Gasteiger partial charge on any atom is 0.324 e. The molecule has 2 N–H and O–H groups in total. The predicted molar refractivity (Wildman–Crippen MR) is 97.6 cm³/mol. The Morgan fingerprint density at radius 2 is 2.04 bits per heavy atom. The first-order valence-corrected chi connectivity index (χ1v) is 9.39. The summed E-state index contributed by atoms with van der Waals surface area (Å²) < 4.78 is 0. The molecular weight excluding hydrogens is 348 g/mol. The molecule has 27 heavy (non-hydrogen) atoms. The fourth-order valence-corrected chi connectivity index (χ4v) is 3.58. The molecule has 4 amide bonds. The van der Waals surface area contributed by atoms with Crippen LogP contribution < -0.4 is 5.32 Å². The van der Waals surface area contributed by atoms with Crippen LogP contribution in [0.2, 0.25) is 0 Å². The monoisotopic (exact) mass is 374 g/mol. The average molecular weight is 374 g/mol. The first kappa shape index (κ1) is 19.3. The minimum atomic E-state index is -1.04. The SMILES string of the molecule is CCCN1C(=O)N[C@@H](CC(=O)N2CCC(O)(c3ccc(C)cn3)CC2)C1=O. The number of carbonyl (C=O) groups excluding carboxylic acids is 3. The standard InChI is InChI=1S/C19H26N4O4/c1-3-8-23-17(25)14(21-18(23)26)11-16(24)22-9-6-19(27,7-10-22)15-5-4-13(2)12-20-15/h4-5,12,14,27H,3,6-11H2,1-2H3,(H,21,26)/t14-/m0/s1. The van der Waals surface area contributed by atoms with E-state index in [1.807, 2.05) is 26.0 Å². The number of aryl methyl sites for hydroxylation is 1. The third-order valence-corrected chi connectivity index (χ3v) is 5.26. The number of hydrogen-bond acceptors (Lipinski definition) is 5. The summed E-state index contributed by atoms with van der Waals surface area (Å²) in [5, 5.41) is 13.5. The van der Waals surface area contributed by atoms with E-state index in [2.05, 4.69) is 10.3 Å². The second-order valence-electron chi connectivity index (χ2n) is 7.33. The zero-order chi connectivity index (χ0) is 19.6. The van der Waals surface area contributed by atoms with Gasteiger partial charge in [-0.25, -0.2) is 4.79 Å². The number of nitrogens with one attached hydrogen (secondary N) is 1. The van der Waals surface area contributed by atoms with Gasteiger partial charge in [0.1, 0.15) is 11.6 Å². The molecule has 0 spiro atoms. The third kappa shape index (κ3) is 3.95. The van der Waals surface area contributed by atoms with Crippen LogP contribution in [-0.2, 0) is 15.2 Å². The highest BCUT2D eigenvalue weighted by Gasteiger charge is 2.41. The fourth-order valence-electron chi connectivity index (χ4n) is 3.58. The second kappa shape index (κ2) is 7.64. The van der Waals surface area contributed by atoms with Crippen LogP contribution in [0.4, 0.5) is 4.79 Å². The van der Waals surface area contributed by atoms with E-state index < -0.39 is 17.7 Å². The molecule has 0 saturated carbocycles. The van der Waals surface area contributed by atoms with Crippen LogP contribution in [0.25, 0.3) is 0 Å². The summed E-state index contributed by atoms with van der Waals surface area (Å²) in [5.41, 5.74) is 0.601. The summed E-state index contributed by atoms with van der Waals surface area (Å²) in [6.45, 7) is 4.95. The predicted octanol–water partition coefficient (Wildman–Crippen LogP) is 0.921. The molecule has 3 heterocycles. The van der Waals surface area contributed by atoms with Crippen molar-refractivity contribution in [3.63, 3.8) is 0 Å². The lowest BCUT2D eigenvalue weighted by Gasteiger charge is -2.38. The summed E-state index contributed by atoms with van der Waals surface area (Å²) in [7, 11) is 0. The first-order valence-electron chi connectivity index (χ1n) is 9.39. The maximum absolute atomic E-state index is 12.6. The fraction of sp³-hybridized carbons (Fsp3) is 0.579. The van der Waals surface area contributed by atoms with E-state index >= 15 is 0 Å². The average Bonchev–Trinajstić information content (AvgIpc) is 2.90. The lowest BCUT2D eigenvalue weighted by atomic mass is 9.87. The van der Waals surface area contributed by atoms with Gasteiger partial charge in [0.2, 0.25) is 5.91 Å². The number of hydrogen-bond donors (Lipinski definition) is 2. The van der Waals surface area contributed by atoms with Gasteiger partial charge < -0.3 is 15.3 Å². The molecule has 2 aliphatic heterocycles. The number of urea groups is 1. The van der Waals surface area contributed by atoms with Gasteiger partial charge in [0.15, 0.2) is 0 Å². The molecular formula is C19H26N4O4. The van der Waals surface area contributed by atoms with Crippen LogP contribution in [0.1, 0.15) is 43.9 Å². The Labute approximate surface area is 158 Å². The van der Waals surface area contributed by atoms with E-state index in [1.54, 1.807) is 11.1 Å². The molecule has 1 aromatic rings. The first-order chi connectivity index (χ1) is 12.8. The molecule has 2 aliphatic rings. The van der Waals surface area contributed by atoms with Gasteiger partial charge in [-0.1, -0.05) is 13.0 Å². The number of likely N-dealkylation sites (tertiary alicyclic amines) is 1. The summed E-state index contributed by atoms with van der Waals surface area (Å²) in [5.74, 6) is -0.529. The molecule has 2 saturated heterocycles. The molecule has 0 unspecified atom stereocenters. The van der Waals surface area contributed by atoms with Gasteiger partial charge in [-0.15, -0.1) is 0 Å². The van der Waals surface area contributed by atoms with Crippen molar-refractivity contribution >= 4 is 17.8 Å². The summed E-state index contributed by atoms with van der Waals surface area (Å²) >= 11 is 0. The van der Waals surface area contributed by atoms with Gasteiger partial charge in [-0.3, -0.25) is 19.5 Å². The molecule has 8 nitrogen and oxygen atoms in total. The van der Waals surface area contributed by atoms with Crippen molar-refractivity contribution in [2.75, 3.05) is 19.6 Å². The molecule has 0 radical (unpaired) electrons. The third-order valence-electron chi connectivity index (χ3n) is 5.26. The highest BCUT2D eigenvalue weighted by Crippen LogP contribution is 2.32. The Morgan fingerprint density at radius 1 is 1.33 bits per heavy atom. The Bertz CT molecular complexity index is 726. The van der Waals surface area contributed by atoms with Crippen LogP contribution in [0.3, 0.4) is 0 Å². The summed E-state index contributed by atoms with van der Waals surface area (Å²) in [4.78, 5) is 43.8. The van der Waals surface area contributed by atoms with Crippen LogP contribution in [-0.4, -0.2) is 63.4 Å². The minimum absolute atomic E-state index is 0.0496. The van der Waals surface area contributed by atoms with Crippen LogP contribution in [0.15, 0.2) is 18.3 Å². The van der Waals surface area contributed by atoms with Gasteiger partial charge in [0, 0.05) is 25.8 Å². The van der Waals surface area contributed by atoms with Crippen LogP contribution >= 0.6 is 0 Å². The van der Waals surface area contributed by atoms with Gasteiger partial charge in [0.05, 0.1) is 12.1 Å². The Balaban J connectivity index is 1.57. The molecule has 0 aromatic carbocycles. The zero-order valence-corrected chi connectivity index (χ0v) is 15.8. The van der Waals surface area contributed by atoms with Crippen molar-refractivity contribution in [3.05, 3.63) is 29.6 Å². The van der Waals surface area contributed by atoms with Gasteiger partial charge >= 0.3 is 6.03 Å². The summed E-state index contributed by atoms with van der Waals surface area (Å²) in [6.07, 6.45) is 3.13. The molecule has 2 fully saturated rings. The van der Waals surface area contributed by atoms with Crippen LogP contribution in [0.5, 0.6) is 0 Å². The van der Waals surface area contributed by atoms with Gasteiger partial charge in [0.25, 0.3) is 5.91 Å². The zero-order valence-electron chi connectivity index (χ0n) is 15.8. The molecule has 3 rings (SSSR count). The molecule has 146 valence electrons. The number of aromatic nitrogens is 1. The molecule has 0 bridgehead atoms. The van der Waals surface area contributed by atoms with Crippen LogP contribution in [0, 0.1) is 6.92 Å². The van der Waals surface area contributed by atoms with Crippen molar-refractivity contribution in [3.8, 4) is 0 Å². The Morgan fingerprint density at radius 3 is 2.63 bits per heavy atom. The molecule has 8 heteroatoms. The van der Waals surface area contributed by atoms with E-state index in [9.17, 15) is 19.5 Å². The van der Waals surface area contributed by atoms with E-state index in [-0.39, 0.29) is 18.2 Å². The lowest BCUT2D eigenvalue weighted by Crippen LogP contribution is -2.47. The molecule has 1 atom stereocenters. The number of imide groups is 1. The number of pyridine rings is 1. The smallest absolute Gasteiger partial charge is 0.324 e. The Hall–Kier alpha value is -2.48. The quantitative estimate of drug-likeness (QED) is 0.746. The molecule has 0 aliphatic carbocycles. The Kier molecular flexibility index (Phi) is 5.46. The molecule has 1 aromatic heterocycles.